The molecule has 2 rings (SSSR count). The Labute approximate surface area is 87.8 Å². The molecule has 0 aromatic heterocycles. The zero-order valence-electron chi connectivity index (χ0n) is 8.48. The zero-order chi connectivity index (χ0) is 10.5. The maximum absolute atomic E-state index is 11.4. The van der Waals surface area contributed by atoms with Crippen molar-refractivity contribution in [3.8, 4) is 6.07 Å². The summed E-state index contributed by atoms with van der Waals surface area (Å²) in [5.74, 6) is 0.182. The van der Waals surface area contributed by atoms with Crippen LogP contribution in [0.5, 0.6) is 0 Å². The van der Waals surface area contributed by atoms with Crippen LogP contribution in [0.15, 0.2) is 0 Å². The highest BCUT2D eigenvalue weighted by Crippen LogP contribution is 2.65. The van der Waals surface area contributed by atoms with Gasteiger partial charge >= 0.3 is 5.97 Å². The van der Waals surface area contributed by atoms with Gasteiger partial charge in [-0.15, -0.1) is 11.8 Å². The molecular formula is C10H13NO2S. The van der Waals surface area contributed by atoms with Crippen molar-refractivity contribution in [1.82, 2.24) is 0 Å². The van der Waals surface area contributed by atoms with Gasteiger partial charge in [-0.1, -0.05) is 13.8 Å². The molecule has 1 saturated heterocycles. The van der Waals surface area contributed by atoms with Crippen LogP contribution < -0.4 is 0 Å². The number of fused-ring (bicyclic) bond motifs is 1. The van der Waals surface area contributed by atoms with Gasteiger partial charge < -0.3 is 4.74 Å². The van der Waals surface area contributed by atoms with Gasteiger partial charge in [0, 0.05) is 5.92 Å². The van der Waals surface area contributed by atoms with E-state index in [4.69, 9.17) is 10.00 Å². The molecule has 1 aliphatic heterocycles. The average molecular weight is 211 g/mol. The Balaban J connectivity index is 2.18. The second-order valence-corrected chi connectivity index (χ2v) is 5.49. The SMILES string of the molecule is CSC(C#N)C1OC(=O)[C@@H]2[C@H]1C2(C)C. The van der Waals surface area contributed by atoms with Crippen LogP contribution in [0.3, 0.4) is 0 Å². The van der Waals surface area contributed by atoms with Crippen LogP contribution in [0.1, 0.15) is 13.8 Å². The first-order chi connectivity index (χ1) is 6.54. The first-order valence-electron chi connectivity index (χ1n) is 4.67. The van der Waals surface area contributed by atoms with E-state index in [2.05, 4.69) is 19.9 Å². The van der Waals surface area contributed by atoms with E-state index >= 15 is 0 Å². The minimum absolute atomic E-state index is 0.0375. The summed E-state index contributed by atoms with van der Waals surface area (Å²) in [6.07, 6.45) is 1.69. The summed E-state index contributed by atoms with van der Waals surface area (Å²) < 4.78 is 5.22. The highest BCUT2D eigenvalue weighted by molar-refractivity contribution is 7.99. The lowest BCUT2D eigenvalue weighted by Gasteiger charge is -2.20. The van der Waals surface area contributed by atoms with Crippen molar-refractivity contribution >= 4 is 17.7 Å². The molecule has 1 saturated carbocycles. The molecule has 4 heteroatoms. The van der Waals surface area contributed by atoms with E-state index < -0.39 is 0 Å². The number of nitriles is 1. The van der Waals surface area contributed by atoms with Crippen molar-refractivity contribution in [3.63, 3.8) is 0 Å². The van der Waals surface area contributed by atoms with Crippen LogP contribution in [-0.4, -0.2) is 23.6 Å². The number of cyclic esters (lactones) is 1. The molecule has 1 aliphatic carbocycles. The number of carbonyl (C=O) groups excluding carboxylic acids is 1. The molecule has 0 spiro atoms. The Bertz CT molecular complexity index is 321. The van der Waals surface area contributed by atoms with Crippen LogP contribution in [0.4, 0.5) is 0 Å². The lowest BCUT2D eigenvalue weighted by Crippen LogP contribution is -2.29. The third-order valence-electron chi connectivity index (χ3n) is 3.45. The van der Waals surface area contributed by atoms with E-state index in [0.29, 0.717) is 0 Å². The summed E-state index contributed by atoms with van der Waals surface area (Å²) in [5.41, 5.74) is 0.0465. The fraction of sp³-hybridized carbons (Fsp3) is 0.800. The van der Waals surface area contributed by atoms with Gasteiger partial charge in [-0.3, -0.25) is 4.79 Å². The zero-order valence-corrected chi connectivity index (χ0v) is 9.30. The summed E-state index contributed by atoms with van der Waals surface area (Å²) in [4.78, 5) is 11.4. The van der Waals surface area contributed by atoms with E-state index in [-0.39, 0.29) is 34.6 Å². The standard InChI is InChI=1S/C10H13NO2S/c1-10(2)6-7(10)9(12)13-8(6)5(4-11)14-3/h5-8H,1-3H3/t5?,6-,7+,8?/m1/s1. The number of nitrogens with zero attached hydrogens (tertiary/aromatic N) is 1. The van der Waals surface area contributed by atoms with Crippen LogP contribution in [0.25, 0.3) is 0 Å². The van der Waals surface area contributed by atoms with E-state index in [9.17, 15) is 4.79 Å². The predicted octanol–water partition coefficient (Wildman–Crippen LogP) is 1.44. The highest BCUT2D eigenvalue weighted by Gasteiger charge is 2.72. The number of carbonyl (C=O) groups is 1. The summed E-state index contributed by atoms with van der Waals surface area (Å²) >= 11 is 1.46. The summed E-state index contributed by atoms with van der Waals surface area (Å²) in [5, 5.41) is 8.70. The van der Waals surface area contributed by atoms with Crippen molar-refractivity contribution in [2.45, 2.75) is 25.2 Å². The molecule has 0 bridgehead atoms. The van der Waals surface area contributed by atoms with Crippen LogP contribution in [-0.2, 0) is 9.53 Å². The Morgan fingerprint density at radius 2 is 2.29 bits per heavy atom. The number of hydrogen-bond donors (Lipinski definition) is 0. The Morgan fingerprint density at radius 3 is 2.64 bits per heavy atom. The predicted molar refractivity (Wildman–Crippen MR) is 53.6 cm³/mol. The van der Waals surface area contributed by atoms with Crippen LogP contribution in [0.2, 0.25) is 0 Å². The van der Waals surface area contributed by atoms with Gasteiger partial charge in [0.05, 0.1) is 12.0 Å². The quantitative estimate of drug-likeness (QED) is 0.648. The molecule has 1 heterocycles. The number of rotatable bonds is 2. The lowest BCUT2D eigenvalue weighted by atomic mass is 10.0. The molecule has 3 nitrogen and oxygen atoms in total. The highest BCUT2D eigenvalue weighted by atomic mass is 32.2. The molecule has 0 aromatic rings. The Kier molecular flexibility index (Phi) is 2.04. The molecule has 0 amide bonds. The largest absolute Gasteiger partial charge is 0.459 e. The molecule has 14 heavy (non-hydrogen) atoms. The topological polar surface area (TPSA) is 50.1 Å². The first-order valence-corrected chi connectivity index (χ1v) is 5.95. The lowest BCUT2D eigenvalue weighted by molar-refractivity contribution is -0.146. The maximum atomic E-state index is 11.4. The smallest absolute Gasteiger partial charge is 0.310 e. The van der Waals surface area contributed by atoms with Crippen molar-refractivity contribution in [1.29, 1.82) is 5.26 Å². The van der Waals surface area contributed by atoms with Crippen molar-refractivity contribution in [2.75, 3.05) is 6.26 Å². The Morgan fingerprint density at radius 1 is 1.64 bits per heavy atom. The average Bonchev–Trinajstić information content (AvgIpc) is 2.50. The van der Waals surface area contributed by atoms with E-state index in [1.807, 2.05) is 6.26 Å². The third-order valence-corrected chi connectivity index (χ3v) is 4.33. The van der Waals surface area contributed by atoms with Gasteiger partial charge in [-0.05, 0) is 11.7 Å². The van der Waals surface area contributed by atoms with Gasteiger partial charge in [0.1, 0.15) is 11.4 Å². The van der Waals surface area contributed by atoms with Gasteiger partial charge in [-0.2, -0.15) is 5.26 Å². The summed E-state index contributed by atoms with van der Waals surface area (Å²) in [7, 11) is 0. The monoisotopic (exact) mass is 211 g/mol. The number of thioether (sulfide) groups is 1. The van der Waals surface area contributed by atoms with Gasteiger partial charge in [0.15, 0.2) is 0 Å². The van der Waals surface area contributed by atoms with E-state index in [0.717, 1.165) is 0 Å². The Hall–Kier alpha value is -0.690. The second kappa shape index (κ2) is 2.90. The maximum Gasteiger partial charge on any atom is 0.310 e. The molecule has 2 aliphatic rings. The fourth-order valence-electron chi connectivity index (χ4n) is 2.53. The molecule has 2 unspecified atom stereocenters. The summed E-state index contributed by atoms with van der Waals surface area (Å²) in [6.45, 7) is 4.15. The normalized spacial score (nSPS) is 39.6. The summed E-state index contributed by atoms with van der Waals surface area (Å²) in [6, 6.07) is 2.19. The molecule has 76 valence electrons. The van der Waals surface area contributed by atoms with Crippen LogP contribution >= 0.6 is 11.8 Å². The minimum atomic E-state index is -0.212. The van der Waals surface area contributed by atoms with Crippen LogP contribution in [0, 0.1) is 28.6 Å². The molecule has 2 fully saturated rings. The molecule has 0 N–H and O–H groups in total. The van der Waals surface area contributed by atoms with Crippen molar-refractivity contribution < 1.29 is 9.53 Å². The number of esters is 1. The van der Waals surface area contributed by atoms with E-state index in [1.54, 1.807) is 0 Å². The number of ether oxygens (including phenoxy) is 1. The minimum Gasteiger partial charge on any atom is -0.459 e. The van der Waals surface area contributed by atoms with Crippen molar-refractivity contribution in [3.05, 3.63) is 0 Å². The first kappa shape index (κ1) is 9.85. The fourth-order valence-corrected chi connectivity index (χ4v) is 3.13. The third kappa shape index (κ3) is 1.08. The van der Waals surface area contributed by atoms with E-state index in [1.165, 1.54) is 11.8 Å². The van der Waals surface area contributed by atoms with Crippen molar-refractivity contribution in [2.24, 2.45) is 17.3 Å². The molecule has 0 aromatic carbocycles. The molecular weight excluding hydrogens is 198 g/mol. The molecule has 0 radical (unpaired) electrons. The van der Waals surface area contributed by atoms with Gasteiger partial charge in [0.25, 0.3) is 0 Å². The van der Waals surface area contributed by atoms with Gasteiger partial charge in [-0.25, -0.2) is 0 Å². The molecule has 4 atom stereocenters. The second-order valence-electron chi connectivity index (χ2n) is 4.51. The number of hydrogen-bond acceptors (Lipinski definition) is 4. The van der Waals surface area contributed by atoms with Gasteiger partial charge in [0.2, 0.25) is 0 Å².